The van der Waals surface area contributed by atoms with Crippen molar-refractivity contribution < 1.29 is 4.74 Å². The molecule has 0 atom stereocenters. The predicted octanol–water partition coefficient (Wildman–Crippen LogP) is 1.79. The molecule has 74 valence electrons. The van der Waals surface area contributed by atoms with Gasteiger partial charge in [-0.05, 0) is 18.4 Å². The van der Waals surface area contributed by atoms with Gasteiger partial charge in [-0.2, -0.15) is 0 Å². The van der Waals surface area contributed by atoms with Crippen molar-refractivity contribution in [3.05, 3.63) is 28.6 Å². The van der Waals surface area contributed by atoms with E-state index in [1.807, 2.05) is 18.4 Å². The quantitative estimate of drug-likeness (QED) is 0.770. The van der Waals surface area contributed by atoms with Crippen molar-refractivity contribution in [3.63, 3.8) is 0 Å². The average molecular weight is 209 g/mol. The summed E-state index contributed by atoms with van der Waals surface area (Å²) < 4.78 is 7.13. The average Bonchev–Trinajstić information content (AvgIpc) is 2.80. The lowest BCUT2D eigenvalue weighted by atomic mass is 10.5. The Labute approximate surface area is 86.1 Å². The predicted molar refractivity (Wildman–Crippen MR) is 54.6 cm³/mol. The van der Waals surface area contributed by atoms with Crippen LogP contribution in [-0.4, -0.2) is 21.6 Å². The van der Waals surface area contributed by atoms with Crippen LogP contribution in [0.5, 0.6) is 5.88 Å². The maximum Gasteiger partial charge on any atom is 0.232 e. The summed E-state index contributed by atoms with van der Waals surface area (Å²) in [5, 5.41) is 9.82. The highest BCUT2D eigenvalue weighted by molar-refractivity contribution is 7.09. The van der Waals surface area contributed by atoms with Gasteiger partial charge in [-0.25, -0.2) is 4.68 Å². The van der Waals surface area contributed by atoms with E-state index in [-0.39, 0.29) is 0 Å². The Hall–Kier alpha value is -1.36. The van der Waals surface area contributed by atoms with E-state index in [0.29, 0.717) is 6.61 Å². The summed E-state index contributed by atoms with van der Waals surface area (Å²) in [7, 11) is 0. The second-order valence-electron chi connectivity index (χ2n) is 2.74. The van der Waals surface area contributed by atoms with Crippen LogP contribution < -0.4 is 4.74 Å². The van der Waals surface area contributed by atoms with E-state index in [1.54, 1.807) is 22.2 Å². The van der Waals surface area contributed by atoms with E-state index in [2.05, 4.69) is 16.4 Å². The van der Waals surface area contributed by atoms with Gasteiger partial charge in [-0.3, -0.25) is 0 Å². The monoisotopic (exact) mass is 209 g/mol. The molecule has 0 bridgehead atoms. The maximum absolute atomic E-state index is 5.37. The van der Waals surface area contributed by atoms with Crippen LogP contribution >= 0.6 is 11.3 Å². The van der Waals surface area contributed by atoms with Crippen molar-refractivity contribution in [1.29, 1.82) is 0 Å². The van der Waals surface area contributed by atoms with Crippen LogP contribution in [0.15, 0.2) is 23.7 Å². The molecule has 0 saturated heterocycles. The number of aromatic nitrogens is 3. The first-order valence-corrected chi connectivity index (χ1v) is 5.31. The van der Waals surface area contributed by atoms with Crippen LogP contribution in [0.2, 0.25) is 0 Å². The zero-order valence-electron chi connectivity index (χ0n) is 7.88. The SMILES string of the molecule is CCOc1cnnn1Cc1cccs1. The lowest BCUT2D eigenvalue weighted by Crippen LogP contribution is -2.04. The van der Waals surface area contributed by atoms with Gasteiger partial charge in [-0.15, -0.1) is 16.4 Å². The molecule has 0 spiro atoms. The lowest BCUT2D eigenvalue weighted by Gasteiger charge is -2.04. The molecular weight excluding hydrogens is 198 g/mol. The van der Waals surface area contributed by atoms with Crippen LogP contribution in [0.25, 0.3) is 0 Å². The molecule has 0 aromatic carbocycles. The standard InChI is InChI=1S/C9H11N3OS/c1-2-13-9-6-10-11-12(9)7-8-4-3-5-14-8/h3-6H,2,7H2,1H3. The maximum atomic E-state index is 5.37. The van der Waals surface area contributed by atoms with Crippen molar-refractivity contribution in [2.45, 2.75) is 13.5 Å². The third-order valence-corrected chi connectivity index (χ3v) is 2.62. The van der Waals surface area contributed by atoms with Crippen molar-refractivity contribution in [1.82, 2.24) is 15.0 Å². The Morgan fingerprint density at radius 3 is 3.21 bits per heavy atom. The molecule has 0 aliphatic carbocycles. The van der Waals surface area contributed by atoms with Gasteiger partial charge < -0.3 is 4.74 Å². The highest BCUT2D eigenvalue weighted by Crippen LogP contribution is 2.14. The second kappa shape index (κ2) is 4.23. The molecule has 14 heavy (non-hydrogen) atoms. The molecule has 5 heteroatoms. The van der Waals surface area contributed by atoms with Gasteiger partial charge in [0, 0.05) is 4.88 Å². The Bertz CT molecular complexity index is 382. The largest absolute Gasteiger partial charge is 0.477 e. The van der Waals surface area contributed by atoms with Crippen molar-refractivity contribution in [3.8, 4) is 5.88 Å². The van der Waals surface area contributed by atoms with Crippen LogP contribution in [0.4, 0.5) is 0 Å². The van der Waals surface area contributed by atoms with Gasteiger partial charge in [0.2, 0.25) is 5.88 Å². The minimum atomic E-state index is 0.637. The highest BCUT2D eigenvalue weighted by atomic mass is 32.1. The first-order valence-electron chi connectivity index (χ1n) is 4.44. The molecule has 0 amide bonds. The Morgan fingerprint density at radius 1 is 1.57 bits per heavy atom. The summed E-state index contributed by atoms with van der Waals surface area (Å²) in [5.74, 6) is 0.723. The smallest absolute Gasteiger partial charge is 0.232 e. The molecule has 0 radical (unpaired) electrons. The van der Waals surface area contributed by atoms with Crippen LogP contribution in [0.1, 0.15) is 11.8 Å². The number of hydrogen-bond acceptors (Lipinski definition) is 4. The van der Waals surface area contributed by atoms with Crippen LogP contribution in [0.3, 0.4) is 0 Å². The molecule has 0 aliphatic heterocycles. The van der Waals surface area contributed by atoms with Crippen molar-refractivity contribution >= 4 is 11.3 Å². The zero-order valence-corrected chi connectivity index (χ0v) is 8.70. The summed E-state index contributed by atoms with van der Waals surface area (Å²) in [6, 6.07) is 4.10. The van der Waals surface area contributed by atoms with Crippen molar-refractivity contribution in [2.75, 3.05) is 6.61 Å². The zero-order chi connectivity index (χ0) is 9.80. The fourth-order valence-corrected chi connectivity index (χ4v) is 1.85. The number of nitrogens with zero attached hydrogens (tertiary/aromatic N) is 3. The summed E-state index contributed by atoms with van der Waals surface area (Å²) >= 11 is 1.70. The van der Waals surface area contributed by atoms with Crippen molar-refractivity contribution in [2.24, 2.45) is 0 Å². The van der Waals surface area contributed by atoms with Crippen LogP contribution in [0, 0.1) is 0 Å². The molecule has 0 fully saturated rings. The summed E-state index contributed by atoms with van der Waals surface area (Å²) in [6.45, 7) is 3.31. The molecule has 2 aromatic rings. The number of thiophene rings is 1. The fourth-order valence-electron chi connectivity index (χ4n) is 1.17. The Kier molecular flexibility index (Phi) is 2.78. The summed E-state index contributed by atoms with van der Waals surface area (Å²) in [6.07, 6.45) is 1.64. The van der Waals surface area contributed by atoms with Gasteiger partial charge in [0.1, 0.15) is 6.20 Å². The second-order valence-corrected chi connectivity index (χ2v) is 3.77. The normalized spacial score (nSPS) is 10.4. The summed E-state index contributed by atoms with van der Waals surface area (Å²) in [5.41, 5.74) is 0. The van der Waals surface area contributed by atoms with E-state index in [0.717, 1.165) is 12.4 Å². The molecule has 4 nitrogen and oxygen atoms in total. The first kappa shape index (κ1) is 9.21. The van der Waals surface area contributed by atoms with E-state index in [4.69, 9.17) is 4.74 Å². The topological polar surface area (TPSA) is 39.9 Å². The van der Waals surface area contributed by atoms with Gasteiger partial charge >= 0.3 is 0 Å². The molecule has 2 rings (SSSR count). The fraction of sp³-hybridized carbons (Fsp3) is 0.333. The van der Waals surface area contributed by atoms with E-state index in [9.17, 15) is 0 Å². The number of hydrogen-bond donors (Lipinski definition) is 0. The van der Waals surface area contributed by atoms with Gasteiger partial charge in [0.25, 0.3) is 0 Å². The molecule has 0 saturated carbocycles. The third kappa shape index (κ3) is 1.93. The Morgan fingerprint density at radius 2 is 2.50 bits per heavy atom. The first-order chi connectivity index (χ1) is 6.90. The lowest BCUT2D eigenvalue weighted by molar-refractivity contribution is 0.305. The number of ether oxygens (including phenoxy) is 1. The molecule has 0 N–H and O–H groups in total. The minimum Gasteiger partial charge on any atom is -0.477 e. The van der Waals surface area contributed by atoms with Crippen LogP contribution in [-0.2, 0) is 6.54 Å². The van der Waals surface area contributed by atoms with E-state index in [1.165, 1.54) is 4.88 Å². The highest BCUT2D eigenvalue weighted by Gasteiger charge is 2.04. The molecule has 2 heterocycles. The number of rotatable bonds is 4. The minimum absolute atomic E-state index is 0.637. The molecule has 0 aliphatic rings. The van der Waals surface area contributed by atoms with E-state index < -0.39 is 0 Å². The van der Waals surface area contributed by atoms with Gasteiger partial charge in [0.05, 0.1) is 13.2 Å². The Balaban J connectivity index is 2.12. The summed E-state index contributed by atoms with van der Waals surface area (Å²) in [4.78, 5) is 1.25. The molecular formula is C9H11N3OS. The third-order valence-electron chi connectivity index (χ3n) is 1.76. The van der Waals surface area contributed by atoms with Gasteiger partial charge in [0.15, 0.2) is 0 Å². The molecule has 0 unspecified atom stereocenters. The van der Waals surface area contributed by atoms with E-state index >= 15 is 0 Å². The molecule has 2 aromatic heterocycles. The van der Waals surface area contributed by atoms with Gasteiger partial charge in [-0.1, -0.05) is 11.3 Å².